The molecule has 0 radical (unpaired) electrons. The third kappa shape index (κ3) is 3.76. The average molecular weight is 288 g/mol. The number of benzene rings is 1. The fourth-order valence-electron chi connectivity index (χ4n) is 2.05. The summed E-state index contributed by atoms with van der Waals surface area (Å²) in [6.45, 7) is 2.29. The largest absolute Gasteiger partial charge is 0.352 e. The maximum absolute atomic E-state index is 13.0. The number of anilines is 1. The maximum Gasteiger partial charge on any atom is 0.255 e. The number of carbonyl (C=O) groups is 1. The number of hydrogen-bond donors (Lipinski definition) is 3. The van der Waals surface area contributed by atoms with Crippen molar-refractivity contribution in [3.8, 4) is 0 Å². The summed E-state index contributed by atoms with van der Waals surface area (Å²) in [4.78, 5) is 16.0. The van der Waals surface area contributed by atoms with E-state index in [4.69, 9.17) is 5.84 Å². The van der Waals surface area contributed by atoms with Crippen LogP contribution >= 0.6 is 0 Å². The summed E-state index contributed by atoms with van der Waals surface area (Å²) in [5, 5.41) is 2.80. The van der Waals surface area contributed by atoms with E-state index in [1.54, 1.807) is 18.3 Å². The van der Waals surface area contributed by atoms with E-state index in [9.17, 15) is 9.18 Å². The Morgan fingerprint density at radius 3 is 2.90 bits per heavy atom. The van der Waals surface area contributed by atoms with Crippen LogP contribution in [0.25, 0.3) is 0 Å². The normalized spacial score (nSPS) is 10.2. The van der Waals surface area contributed by atoms with Gasteiger partial charge in [-0.1, -0.05) is 6.07 Å². The monoisotopic (exact) mass is 288 g/mol. The Hall–Kier alpha value is -2.47. The number of carbonyl (C=O) groups excluding carboxylic acids is 1. The minimum absolute atomic E-state index is 0.254. The first-order valence-electron chi connectivity index (χ1n) is 6.55. The fraction of sp³-hybridized carbons (Fsp3) is 0.200. The molecule has 0 aliphatic carbocycles. The van der Waals surface area contributed by atoms with E-state index in [1.807, 2.05) is 6.92 Å². The quantitative estimate of drug-likeness (QED) is 0.579. The molecule has 0 atom stereocenters. The Morgan fingerprint density at radius 2 is 2.19 bits per heavy atom. The zero-order chi connectivity index (χ0) is 15.2. The van der Waals surface area contributed by atoms with E-state index in [2.05, 4.69) is 15.7 Å². The number of aromatic nitrogens is 1. The molecule has 0 fully saturated rings. The summed E-state index contributed by atoms with van der Waals surface area (Å²) >= 11 is 0. The van der Waals surface area contributed by atoms with E-state index in [0.717, 1.165) is 11.1 Å². The SMILES string of the molecule is Cc1cc(F)ccc1CCNC(=O)c1cnccc1NN. The second kappa shape index (κ2) is 6.81. The molecule has 1 aromatic heterocycles. The zero-order valence-corrected chi connectivity index (χ0v) is 11.7. The van der Waals surface area contributed by atoms with Gasteiger partial charge in [-0.05, 0) is 42.7 Å². The van der Waals surface area contributed by atoms with Crippen LogP contribution in [0.4, 0.5) is 10.1 Å². The average Bonchev–Trinajstić information content (AvgIpc) is 2.49. The topological polar surface area (TPSA) is 80.0 Å². The standard InChI is InChI=1S/C15H17FN4O/c1-10-8-12(16)3-2-11(10)4-7-19-15(21)13-9-18-6-5-14(13)20-17/h2-3,5-6,8-9H,4,7,17H2,1H3,(H,18,20)(H,19,21). The molecule has 0 unspecified atom stereocenters. The number of hydrazine groups is 1. The molecule has 2 aromatic rings. The lowest BCUT2D eigenvalue weighted by Gasteiger charge is -2.10. The van der Waals surface area contributed by atoms with E-state index in [0.29, 0.717) is 24.2 Å². The summed E-state index contributed by atoms with van der Waals surface area (Å²) in [6, 6.07) is 6.25. The first-order valence-corrected chi connectivity index (χ1v) is 6.55. The van der Waals surface area contributed by atoms with Crippen molar-refractivity contribution in [2.75, 3.05) is 12.0 Å². The number of hydrogen-bond acceptors (Lipinski definition) is 4. The van der Waals surface area contributed by atoms with Gasteiger partial charge >= 0.3 is 0 Å². The molecule has 0 aliphatic heterocycles. The number of nitrogens with one attached hydrogen (secondary N) is 2. The number of amides is 1. The molecule has 0 spiro atoms. The highest BCUT2D eigenvalue weighted by Gasteiger charge is 2.10. The van der Waals surface area contributed by atoms with Crippen molar-refractivity contribution in [1.29, 1.82) is 0 Å². The highest BCUT2D eigenvalue weighted by atomic mass is 19.1. The Bertz CT molecular complexity index is 645. The van der Waals surface area contributed by atoms with Gasteiger partial charge in [0.1, 0.15) is 5.82 Å². The van der Waals surface area contributed by atoms with Gasteiger partial charge in [-0.3, -0.25) is 15.6 Å². The number of aryl methyl sites for hydroxylation is 1. The van der Waals surface area contributed by atoms with Crippen LogP contribution in [0, 0.1) is 12.7 Å². The minimum Gasteiger partial charge on any atom is -0.352 e. The number of nitrogens with zero attached hydrogens (tertiary/aromatic N) is 1. The second-order valence-corrected chi connectivity index (χ2v) is 4.64. The van der Waals surface area contributed by atoms with E-state index in [1.165, 1.54) is 18.3 Å². The molecule has 21 heavy (non-hydrogen) atoms. The van der Waals surface area contributed by atoms with Crippen molar-refractivity contribution in [2.24, 2.45) is 5.84 Å². The first kappa shape index (κ1) is 14.9. The van der Waals surface area contributed by atoms with E-state index in [-0.39, 0.29) is 11.7 Å². The predicted octanol–water partition coefficient (Wildman–Crippen LogP) is 1.79. The van der Waals surface area contributed by atoms with Crippen molar-refractivity contribution < 1.29 is 9.18 Å². The molecular formula is C15H17FN4O. The molecule has 0 saturated heterocycles. The van der Waals surface area contributed by atoms with Crippen molar-refractivity contribution >= 4 is 11.6 Å². The number of pyridine rings is 1. The summed E-state index contributed by atoms with van der Waals surface area (Å²) in [5.41, 5.74) is 5.23. The van der Waals surface area contributed by atoms with Crippen LogP contribution < -0.4 is 16.6 Å². The third-order valence-electron chi connectivity index (χ3n) is 3.21. The van der Waals surface area contributed by atoms with Gasteiger partial charge in [0.2, 0.25) is 0 Å². The van der Waals surface area contributed by atoms with Gasteiger partial charge in [0.15, 0.2) is 0 Å². The minimum atomic E-state index is -0.255. The van der Waals surface area contributed by atoms with E-state index < -0.39 is 0 Å². The molecule has 0 aliphatic rings. The molecule has 6 heteroatoms. The smallest absolute Gasteiger partial charge is 0.255 e. The Morgan fingerprint density at radius 1 is 1.38 bits per heavy atom. The highest BCUT2D eigenvalue weighted by Crippen LogP contribution is 2.12. The van der Waals surface area contributed by atoms with Gasteiger partial charge in [0.05, 0.1) is 11.3 Å². The van der Waals surface area contributed by atoms with Crippen molar-refractivity contribution in [3.05, 3.63) is 59.2 Å². The van der Waals surface area contributed by atoms with Crippen molar-refractivity contribution in [3.63, 3.8) is 0 Å². The molecule has 0 bridgehead atoms. The van der Waals surface area contributed by atoms with Gasteiger partial charge < -0.3 is 10.7 Å². The molecule has 4 N–H and O–H groups in total. The van der Waals surface area contributed by atoms with Crippen LogP contribution in [-0.2, 0) is 6.42 Å². The molecule has 1 aromatic carbocycles. The molecule has 5 nitrogen and oxygen atoms in total. The predicted molar refractivity (Wildman–Crippen MR) is 79.2 cm³/mol. The van der Waals surface area contributed by atoms with Gasteiger partial charge in [-0.25, -0.2) is 4.39 Å². The van der Waals surface area contributed by atoms with Crippen LogP contribution in [0.3, 0.4) is 0 Å². The lowest BCUT2D eigenvalue weighted by molar-refractivity contribution is 0.0954. The summed E-state index contributed by atoms with van der Waals surface area (Å²) < 4.78 is 13.0. The summed E-state index contributed by atoms with van der Waals surface area (Å²) in [7, 11) is 0. The van der Waals surface area contributed by atoms with Crippen LogP contribution in [0.1, 0.15) is 21.5 Å². The van der Waals surface area contributed by atoms with Crippen LogP contribution in [-0.4, -0.2) is 17.4 Å². The van der Waals surface area contributed by atoms with E-state index >= 15 is 0 Å². The summed E-state index contributed by atoms with van der Waals surface area (Å²) in [6.07, 6.45) is 3.63. The summed E-state index contributed by atoms with van der Waals surface area (Å²) in [5.74, 6) is 4.84. The fourth-order valence-corrected chi connectivity index (χ4v) is 2.05. The zero-order valence-electron chi connectivity index (χ0n) is 11.7. The van der Waals surface area contributed by atoms with Crippen LogP contribution in [0.15, 0.2) is 36.7 Å². The van der Waals surface area contributed by atoms with Gasteiger partial charge in [0.25, 0.3) is 5.91 Å². The van der Waals surface area contributed by atoms with Crippen molar-refractivity contribution in [1.82, 2.24) is 10.3 Å². The first-order chi connectivity index (χ1) is 10.1. The molecule has 1 heterocycles. The van der Waals surface area contributed by atoms with Gasteiger partial charge in [-0.15, -0.1) is 0 Å². The number of halogens is 1. The van der Waals surface area contributed by atoms with Gasteiger partial charge in [-0.2, -0.15) is 0 Å². The lowest BCUT2D eigenvalue weighted by Crippen LogP contribution is -2.27. The third-order valence-corrected chi connectivity index (χ3v) is 3.21. The Kier molecular flexibility index (Phi) is 4.84. The Balaban J connectivity index is 1.95. The highest BCUT2D eigenvalue weighted by molar-refractivity contribution is 5.99. The van der Waals surface area contributed by atoms with Crippen LogP contribution in [0.5, 0.6) is 0 Å². The molecule has 2 rings (SSSR count). The van der Waals surface area contributed by atoms with Gasteiger partial charge in [0, 0.05) is 18.9 Å². The number of nitrogen functional groups attached to an aromatic ring is 1. The lowest BCUT2D eigenvalue weighted by atomic mass is 10.1. The van der Waals surface area contributed by atoms with Crippen molar-refractivity contribution in [2.45, 2.75) is 13.3 Å². The molecular weight excluding hydrogens is 271 g/mol. The molecule has 1 amide bonds. The maximum atomic E-state index is 13.0. The number of rotatable bonds is 5. The second-order valence-electron chi connectivity index (χ2n) is 4.64. The number of nitrogens with two attached hydrogens (primary N) is 1. The molecule has 110 valence electrons. The Labute approximate surface area is 122 Å². The van der Waals surface area contributed by atoms with Crippen LogP contribution in [0.2, 0.25) is 0 Å². The molecule has 0 saturated carbocycles.